The number of hydrogen-bond acceptors (Lipinski definition) is 3. The molecule has 5 heteroatoms. The summed E-state index contributed by atoms with van der Waals surface area (Å²) >= 11 is 0. The number of unbranched alkanes of at least 4 members (excludes halogenated alkanes) is 1. The van der Waals surface area contributed by atoms with E-state index in [9.17, 15) is 9.59 Å². The zero-order valence-corrected chi connectivity index (χ0v) is 11.0. The third kappa shape index (κ3) is 3.71. The first-order valence-corrected chi connectivity index (χ1v) is 6.55. The summed E-state index contributed by atoms with van der Waals surface area (Å²) in [6.45, 7) is 2.42. The fourth-order valence-electron chi connectivity index (χ4n) is 1.86. The van der Waals surface area contributed by atoms with Crippen molar-refractivity contribution in [1.29, 1.82) is 0 Å². The first kappa shape index (κ1) is 13.4. The minimum Gasteiger partial charge on any atom is -0.491 e. The summed E-state index contributed by atoms with van der Waals surface area (Å²) in [5.74, 6) is 0.549. The Labute approximate surface area is 112 Å². The number of fused-ring (bicyclic) bond motifs is 1. The Morgan fingerprint density at radius 1 is 1.47 bits per heavy atom. The maximum absolute atomic E-state index is 11.6. The Bertz CT molecular complexity index is 486. The Balaban J connectivity index is 2.07. The fraction of sp³-hybridized carbons (Fsp3) is 0.429. The minimum atomic E-state index is -0.0757. The summed E-state index contributed by atoms with van der Waals surface area (Å²) < 4.78 is 5.45. The van der Waals surface area contributed by atoms with Crippen molar-refractivity contribution in [2.24, 2.45) is 0 Å². The minimum absolute atomic E-state index is 0.0114. The van der Waals surface area contributed by atoms with Crippen LogP contribution in [0.1, 0.15) is 32.6 Å². The van der Waals surface area contributed by atoms with Crippen molar-refractivity contribution in [2.75, 3.05) is 17.2 Å². The molecule has 1 heterocycles. The van der Waals surface area contributed by atoms with Gasteiger partial charge in [-0.05, 0) is 24.6 Å². The average molecular weight is 262 g/mol. The van der Waals surface area contributed by atoms with E-state index >= 15 is 0 Å². The number of carbonyl (C=O) groups is 2. The number of nitrogens with one attached hydrogen (secondary N) is 2. The molecule has 0 aliphatic carbocycles. The summed E-state index contributed by atoms with van der Waals surface area (Å²) in [5.41, 5.74) is 1.28. The topological polar surface area (TPSA) is 67.4 Å². The summed E-state index contributed by atoms with van der Waals surface area (Å²) in [6, 6.07) is 5.26. The zero-order chi connectivity index (χ0) is 13.7. The number of amides is 2. The molecule has 1 aliphatic rings. The van der Waals surface area contributed by atoms with Crippen molar-refractivity contribution in [3.05, 3.63) is 18.2 Å². The lowest BCUT2D eigenvalue weighted by molar-refractivity contribution is -0.117. The van der Waals surface area contributed by atoms with Crippen molar-refractivity contribution in [1.82, 2.24) is 0 Å². The lowest BCUT2D eigenvalue weighted by Crippen LogP contribution is -2.12. The Morgan fingerprint density at radius 2 is 2.32 bits per heavy atom. The van der Waals surface area contributed by atoms with E-state index in [1.54, 1.807) is 18.2 Å². The van der Waals surface area contributed by atoms with Gasteiger partial charge in [-0.25, -0.2) is 0 Å². The number of benzene rings is 1. The second-order valence-corrected chi connectivity index (χ2v) is 4.51. The quantitative estimate of drug-likeness (QED) is 0.876. The highest BCUT2D eigenvalue weighted by molar-refractivity contribution is 5.96. The highest BCUT2D eigenvalue weighted by atomic mass is 16.5. The fourth-order valence-corrected chi connectivity index (χ4v) is 1.86. The second kappa shape index (κ2) is 6.22. The molecule has 0 saturated heterocycles. The molecule has 0 unspecified atom stereocenters. The van der Waals surface area contributed by atoms with Gasteiger partial charge >= 0.3 is 0 Å². The molecule has 0 fully saturated rings. The van der Waals surface area contributed by atoms with E-state index in [1.807, 2.05) is 6.92 Å². The van der Waals surface area contributed by atoms with Gasteiger partial charge in [0.2, 0.25) is 11.8 Å². The van der Waals surface area contributed by atoms with E-state index in [-0.39, 0.29) is 11.8 Å². The second-order valence-electron chi connectivity index (χ2n) is 4.51. The van der Waals surface area contributed by atoms with E-state index in [0.29, 0.717) is 36.6 Å². The molecule has 0 spiro atoms. The smallest absolute Gasteiger partial charge is 0.227 e. The van der Waals surface area contributed by atoms with Crippen LogP contribution in [0, 0.1) is 0 Å². The van der Waals surface area contributed by atoms with Gasteiger partial charge < -0.3 is 15.4 Å². The number of rotatable bonds is 4. The molecule has 102 valence electrons. The molecule has 1 aliphatic heterocycles. The van der Waals surface area contributed by atoms with Crippen molar-refractivity contribution < 1.29 is 14.3 Å². The summed E-state index contributed by atoms with van der Waals surface area (Å²) in [6.07, 6.45) is 2.71. The molecule has 2 amide bonds. The van der Waals surface area contributed by atoms with Crippen LogP contribution >= 0.6 is 0 Å². The normalized spacial score (nSPS) is 13.8. The van der Waals surface area contributed by atoms with E-state index in [2.05, 4.69) is 10.6 Å². The van der Waals surface area contributed by atoms with E-state index in [0.717, 1.165) is 12.8 Å². The molecule has 2 rings (SSSR count). The van der Waals surface area contributed by atoms with Crippen LogP contribution in [-0.2, 0) is 9.59 Å². The Morgan fingerprint density at radius 3 is 3.11 bits per heavy atom. The van der Waals surface area contributed by atoms with Crippen molar-refractivity contribution in [3.8, 4) is 5.75 Å². The molecule has 1 aromatic carbocycles. The van der Waals surface area contributed by atoms with Crippen LogP contribution in [0.15, 0.2) is 18.2 Å². The van der Waals surface area contributed by atoms with E-state index in [4.69, 9.17) is 4.74 Å². The van der Waals surface area contributed by atoms with Crippen LogP contribution < -0.4 is 15.4 Å². The molecular formula is C14H18N2O3. The van der Waals surface area contributed by atoms with Gasteiger partial charge in [-0.2, -0.15) is 0 Å². The third-order valence-electron chi connectivity index (χ3n) is 2.88. The summed E-state index contributed by atoms with van der Waals surface area (Å²) in [5, 5.41) is 5.58. The number of ether oxygens (including phenoxy) is 1. The molecule has 1 aromatic rings. The summed E-state index contributed by atoms with van der Waals surface area (Å²) in [7, 11) is 0. The predicted octanol–water partition coefficient (Wildman–Crippen LogP) is 2.54. The van der Waals surface area contributed by atoms with Crippen molar-refractivity contribution >= 4 is 23.2 Å². The maximum atomic E-state index is 11.6. The molecule has 5 nitrogen and oxygen atoms in total. The lowest BCUT2D eigenvalue weighted by atomic mass is 10.2. The molecule has 0 atom stereocenters. The average Bonchev–Trinajstić information content (AvgIpc) is 2.56. The van der Waals surface area contributed by atoms with Crippen LogP contribution in [0.3, 0.4) is 0 Å². The predicted molar refractivity (Wildman–Crippen MR) is 73.3 cm³/mol. The number of hydrogen-bond donors (Lipinski definition) is 2. The van der Waals surface area contributed by atoms with Gasteiger partial charge in [-0.3, -0.25) is 9.59 Å². The van der Waals surface area contributed by atoms with Crippen LogP contribution in [0.25, 0.3) is 0 Å². The van der Waals surface area contributed by atoms with Gasteiger partial charge in [-0.1, -0.05) is 13.3 Å². The number of carbonyl (C=O) groups excluding carboxylic acids is 2. The van der Waals surface area contributed by atoms with Gasteiger partial charge in [0.1, 0.15) is 5.75 Å². The number of anilines is 2. The van der Waals surface area contributed by atoms with Gasteiger partial charge in [0.05, 0.1) is 18.7 Å². The highest BCUT2D eigenvalue weighted by Gasteiger charge is 2.14. The standard InChI is InChI=1S/C14H18N2O3/c1-2-3-4-13(17)15-10-5-6-12-11(9-10)16-14(18)7-8-19-12/h5-6,9H,2-4,7-8H2,1H3,(H,15,17)(H,16,18). The van der Waals surface area contributed by atoms with Gasteiger partial charge in [0, 0.05) is 12.1 Å². The molecule has 0 aromatic heterocycles. The van der Waals surface area contributed by atoms with Crippen LogP contribution in [0.4, 0.5) is 11.4 Å². The van der Waals surface area contributed by atoms with E-state index < -0.39 is 0 Å². The van der Waals surface area contributed by atoms with Crippen LogP contribution in [0.2, 0.25) is 0 Å². The largest absolute Gasteiger partial charge is 0.491 e. The van der Waals surface area contributed by atoms with Gasteiger partial charge in [0.15, 0.2) is 0 Å². The molecule has 0 bridgehead atoms. The van der Waals surface area contributed by atoms with Crippen LogP contribution in [0.5, 0.6) is 5.75 Å². The lowest BCUT2D eigenvalue weighted by Gasteiger charge is -2.10. The monoisotopic (exact) mass is 262 g/mol. The Kier molecular flexibility index (Phi) is 4.39. The molecule has 0 saturated carbocycles. The first-order valence-electron chi connectivity index (χ1n) is 6.55. The Hall–Kier alpha value is -2.04. The van der Waals surface area contributed by atoms with E-state index in [1.165, 1.54) is 0 Å². The highest BCUT2D eigenvalue weighted by Crippen LogP contribution is 2.30. The van der Waals surface area contributed by atoms with Gasteiger partial charge in [0.25, 0.3) is 0 Å². The summed E-state index contributed by atoms with van der Waals surface area (Å²) in [4.78, 5) is 23.1. The van der Waals surface area contributed by atoms with Gasteiger partial charge in [-0.15, -0.1) is 0 Å². The van der Waals surface area contributed by atoms with Crippen molar-refractivity contribution in [2.45, 2.75) is 32.6 Å². The molecule has 19 heavy (non-hydrogen) atoms. The molecule has 0 radical (unpaired) electrons. The molecular weight excluding hydrogens is 244 g/mol. The molecule has 2 N–H and O–H groups in total. The third-order valence-corrected chi connectivity index (χ3v) is 2.88. The zero-order valence-electron chi connectivity index (χ0n) is 11.0. The SMILES string of the molecule is CCCCC(=O)Nc1ccc2c(c1)NC(=O)CCO2. The maximum Gasteiger partial charge on any atom is 0.227 e. The van der Waals surface area contributed by atoms with Crippen LogP contribution in [-0.4, -0.2) is 18.4 Å². The van der Waals surface area contributed by atoms with Crippen molar-refractivity contribution in [3.63, 3.8) is 0 Å². The first-order chi connectivity index (χ1) is 9.19.